The first kappa shape index (κ1) is 16.0. The zero-order valence-corrected chi connectivity index (χ0v) is 12.5. The van der Waals surface area contributed by atoms with E-state index in [4.69, 9.17) is 0 Å². The van der Waals surface area contributed by atoms with Crippen LogP contribution in [0.5, 0.6) is 0 Å². The minimum atomic E-state index is 0. The summed E-state index contributed by atoms with van der Waals surface area (Å²) in [6, 6.07) is 8.61. The molecule has 1 N–H and O–H groups in total. The fourth-order valence-electron chi connectivity index (χ4n) is 2.45. The maximum Gasteiger partial charge on any atom is 0.226 e. The molecule has 0 bridgehead atoms. The topological polar surface area (TPSA) is 32.3 Å². The standard InChI is InChI=1S/C15H22N2O.ClH/c1-12-5-3-7-14(11-12)17(2)15(18)9-8-13-6-4-10-16-13;/h3,5,7,11,13,16H,4,6,8-10H2,1-2H3;1H. The second-order valence-corrected chi connectivity index (χ2v) is 5.12. The number of hydrogen-bond donors (Lipinski definition) is 1. The maximum absolute atomic E-state index is 12.1. The Morgan fingerprint density at radius 1 is 1.47 bits per heavy atom. The molecule has 1 aliphatic rings. The smallest absolute Gasteiger partial charge is 0.226 e. The molecular formula is C15H23ClN2O. The minimum Gasteiger partial charge on any atom is -0.315 e. The first-order valence-electron chi connectivity index (χ1n) is 6.73. The van der Waals surface area contributed by atoms with Crippen LogP contribution in [0.25, 0.3) is 0 Å². The second kappa shape index (κ2) is 7.51. The van der Waals surface area contributed by atoms with Gasteiger partial charge in [-0.2, -0.15) is 0 Å². The summed E-state index contributed by atoms with van der Waals surface area (Å²) in [6.45, 7) is 3.15. The van der Waals surface area contributed by atoms with Crippen molar-refractivity contribution < 1.29 is 4.79 Å². The van der Waals surface area contributed by atoms with E-state index in [-0.39, 0.29) is 18.3 Å². The number of amides is 1. The van der Waals surface area contributed by atoms with Crippen LogP contribution in [-0.2, 0) is 4.79 Å². The van der Waals surface area contributed by atoms with E-state index in [9.17, 15) is 4.79 Å². The Hall–Kier alpha value is -1.06. The summed E-state index contributed by atoms with van der Waals surface area (Å²) in [5.74, 6) is 0.203. The monoisotopic (exact) mass is 282 g/mol. The van der Waals surface area contributed by atoms with Crippen molar-refractivity contribution in [2.24, 2.45) is 0 Å². The molecule has 19 heavy (non-hydrogen) atoms. The lowest BCUT2D eigenvalue weighted by Crippen LogP contribution is -2.29. The number of nitrogens with zero attached hydrogens (tertiary/aromatic N) is 1. The van der Waals surface area contributed by atoms with E-state index in [1.807, 2.05) is 38.2 Å². The van der Waals surface area contributed by atoms with Crippen LogP contribution in [-0.4, -0.2) is 25.5 Å². The van der Waals surface area contributed by atoms with Gasteiger partial charge in [0.05, 0.1) is 0 Å². The highest BCUT2D eigenvalue weighted by Crippen LogP contribution is 2.17. The van der Waals surface area contributed by atoms with E-state index in [2.05, 4.69) is 5.32 Å². The van der Waals surface area contributed by atoms with Crippen molar-refractivity contribution >= 4 is 24.0 Å². The Kier molecular flexibility index (Phi) is 6.32. The van der Waals surface area contributed by atoms with Gasteiger partial charge >= 0.3 is 0 Å². The zero-order valence-electron chi connectivity index (χ0n) is 11.7. The molecule has 1 atom stereocenters. The van der Waals surface area contributed by atoms with Gasteiger partial charge in [0.25, 0.3) is 0 Å². The fourth-order valence-corrected chi connectivity index (χ4v) is 2.45. The van der Waals surface area contributed by atoms with Crippen LogP contribution in [0.3, 0.4) is 0 Å². The van der Waals surface area contributed by atoms with Gasteiger partial charge in [0.1, 0.15) is 0 Å². The van der Waals surface area contributed by atoms with E-state index in [0.717, 1.165) is 18.7 Å². The number of carbonyl (C=O) groups is 1. The summed E-state index contributed by atoms with van der Waals surface area (Å²) >= 11 is 0. The number of benzene rings is 1. The summed E-state index contributed by atoms with van der Waals surface area (Å²) in [6.07, 6.45) is 4.03. The molecule has 2 rings (SSSR count). The number of halogens is 1. The molecule has 1 aromatic carbocycles. The molecule has 1 aromatic rings. The average molecular weight is 283 g/mol. The first-order chi connectivity index (χ1) is 8.66. The number of rotatable bonds is 4. The van der Waals surface area contributed by atoms with Gasteiger partial charge in [-0.25, -0.2) is 0 Å². The Balaban J connectivity index is 0.00000180. The molecule has 1 amide bonds. The predicted octanol–water partition coefficient (Wildman–Crippen LogP) is 2.91. The third-order valence-electron chi connectivity index (χ3n) is 3.63. The number of aryl methyl sites for hydroxylation is 1. The van der Waals surface area contributed by atoms with Crippen molar-refractivity contribution in [1.82, 2.24) is 5.32 Å². The van der Waals surface area contributed by atoms with Crippen molar-refractivity contribution in [3.8, 4) is 0 Å². The first-order valence-corrected chi connectivity index (χ1v) is 6.73. The molecule has 1 unspecified atom stereocenters. The van der Waals surface area contributed by atoms with Crippen LogP contribution >= 0.6 is 12.4 Å². The number of nitrogens with one attached hydrogen (secondary N) is 1. The third kappa shape index (κ3) is 4.51. The van der Waals surface area contributed by atoms with Gasteiger partial charge in [0.15, 0.2) is 0 Å². The highest BCUT2D eigenvalue weighted by Gasteiger charge is 2.17. The van der Waals surface area contributed by atoms with Crippen molar-refractivity contribution in [3.63, 3.8) is 0 Å². The fraction of sp³-hybridized carbons (Fsp3) is 0.533. The van der Waals surface area contributed by atoms with Crippen LogP contribution in [0.4, 0.5) is 5.69 Å². The van der Waals surface area contributed by atoms with E-state index in [1.54, 1.807) is 4.90 Å². The van der Waals surface area contributed by atoms with Crippen LogP contribution in [0, 0.1) is 6.92 Å². The maximum atomic E-state index is 12.1. The molecule has 4 heteroatoms. The van der Waals surface area contributed by atoms with Crippen LogP contribution < -0.4 is 10.2 Å². The van der Waals surface area contributed by atoms with Gasteiger partial charge in [0, 0.05) is 25.2 Å². The number of anilines is 1. The predicted molar refractivity (Wildman–Crippen MR) is 82.1 cm³/mol. The highest BCUT2D eigenvalue weighted by molar-refractivity contribution is 5.92. The Bertz CT molecular complexity index is 416. The molecular weight excluding hydrogens is 260 g/mol. The molecule has 0 spiro atoms. The van der Waals surface area contributed by atoms with Crippen molar-refractivity contribution in [3.05, 3.63) is 29.8 Å². The van der Waals surface area contributed by atoms with E-state index >= 15 is 0 Å². The lowest BCUT2D eigenvalue weighted by molar-refractivity contribution is -0.118. The second-order valence-electron chi connectivity index (χ2n) is 5.12. The lowest BCUT2D eigenvalue weighted by atomic mass is 10.1. The molecule has 1 fully saturated rings. The SMILES string of the molecule is Cc1cccc(N(C)C(=O)CCC2CCCN2)c1.Cl. The van der Waals surface area contributed by atoms with Gasteiger partial charge in [-0.15, -0.1) is 12.4 Å². The molecule has 0 radical (unpaired) electrons. The summed E-state index contributed by atoms with van der Waals surface area (Å²) < 4.78 is 0. The van der Waals surface area contributed by atoms with E-state index < -0.39 is 0 Å². The normalized spacial score (nSPS) is 17.9. The lowest BCUT2D eigenvalue weighted by Gasteiger charge is -2.19. The highest BCUT2D eigenvalue weighted by atomic mass is 35.5. The molecule has 1 aliphatic heterocycles. The van der Waals surface area contributed by atoms with E-state index in [0.29, 0.717) is 12.5 Å². The quantitative estimate of drug-likeness (QED) is 0.921. The Labute approximate surface area is 121 Å². The van der Waals surface area contributed by atoms with Crippen LogP contribution in [0.15, 0.2) is 24.3 Å². The average Bonchev–Trinajstić information content (AvgIpc) is 2.88. The summed E-state index contributed by atoms with van der Waals surface area (Å²) in [5, 5.41) is 3.43. The minimum absolute atomic E-state index is 0. The van der Waals surface area contributed by atoms with Gasteiger partial charge in [-0.05, 0) is 50.4 Å². The molecule has 0 aromatic heterocycles. The molecule has 0 aliphatic carbocycles. The molecule has 106 valence electrons. The van der Waals surface area contributed by atoms with E-state index in [1.165, 1.54) is 18.4 Å². The summed E-state index contributed by atoms with van der Waals surface area (Å²) in [4.78, 5) is 13.9. The Morgan fingerprint density at radius 2 is 2.26 bits per heavy atom. The van der Waals surface area contributed by atoms with Crippen LogP contribution in [0.1, 0.15) is 31.2 Å². The Morgan fingerprint density at radius 3 is 2.89 bits per heavy atom. The third-order valence-corrected chi connectivity index (χ3v) is 3.63. The van der Waals surface area contributed by atoms with Crippen LogP contribution in [0.2, 0.25) is 0 Å². The molecule has 0 saturated carbocycles. The summed E-state index contributed by atoms with van der Waals surface area (Å²) in [7, 11) is 1.86. The van der Waals surface area contributed by atoms with Crippen molar-refractivity contribution in [2.45, 2.75) is 38.6 Å². The molecule has 1 heterocycles. The van der Waals surface area contributed by atoms with Gasteiger partial charge in [-0.1, -0.05) is 12.1 Å². The summed E-state index contributed by atoms with van der Waals surface area (Å²) in [5.41, 5.74) is 2.17. The molecule has 1 saturated heterocycles. The van der Waals surface area contributed by atoms with Gasteiger partial charge < -0.3 is 10.2 Å². The largest absolute Gasteiger partial charge is 0.315 e. The number of carbonyl (C=O) groups excluding carboxylic acids is 1. The number of hydrogen-bond acceptors (Lipinski definition) is 2. The van der Waals surface area contributed by atoms with Gasteiger partial charge in [-0.3, -0.25) is 4.79 Å². The van der Waals surface area contributed by atoms with Crippen molar-refractivity contribution in [2.75, 3.05) is 18.5 Å². The van der Waals surface area contributed by atoms with Gasteiger partial charge in [0.2, 0.25) is 5.91 Å². The molecule has 3 nitrogen and oxygen atoms in total. The zero-order chi connectivity index (χ0) is 13.0. The van der Waals surface area contributed by atoms with Crippen molar-refractivity contribution in [1.29, 1.82) is 0 Å².